The van der Waals surface area contributed by atoms with Crippen molar-refractivity contribution in [2.24, 2.45) is 5.92 Å². The average Bonchev–Trinajstić information content (AvgIpc) is 3.58. The maximum absolute atomic E-state index is 12.5. The normalized spacial score (nSPS) is 14.1. The van der Waals surface area contributed by atoms with Gasteiger partial charge in [0.15, 0.2) is 0 Å². The predicted molar refractivity (Wildman–Crippen MR) is 143 cm³/mol. The van der Waals surface area contributed by atoms with Crippen LogP contribution in [0.15, 0.2) is 42.6 Å². The van der Waals surface area contributed by atoms with E-state index in [1.165, 1.54) is 0 Å². The van der Waals surface area contributed by atoms with E-state index in [9.17, 15) is 4.79 Å². The highest BCUT2D eigenvalue weighted by Crippen LogP contribution is 2.29. The topological polar surface area (TPSA) is 93.5 Å². The van der Waals surface area contributed by atoms with E-state index in [0.29, 0.717) is 32.9 Å². The molecule has 1 aliphatic heterocycles. The van der Waals surface area contributed by atoms with Crippen LogP contribution in [0.4, 0.5) is 10.8 Å². The molecule has 0 bridgehead atoms. The van der Waals surface area contributed by atoms with Crippen LogP contribution in [0.25, 0.3) is 5.13 Å². The van der Waals surface area contributed by atoms with E-state index in [2.05, 4.69) is 36.4 Å². The van der Waals surface area contributed by atoms with Crippen molar-refractivity contribution >= 4 is 28.1 Å². The molecule has 4 rings (SSSR count). The SMILES string of the molecule is CCOCCCNC(=O)C1CCN(c2nnc(-n3cccc3CNc3ccc(OCC)cc3)s2)CC1. The number of ether oxygens (including phenoxy) is 2. The van der Waals surface area contributed by atoms with Crippen LogP contribution in [-0.2, 0) is 16.1 Å². The van der Waals surface area contributed by atoms with Gasteiger partial charge in [-0.25, -0.2) is 0 Å². The van der Waals surface area contributed by atoms with Crippen molar-refractivity contribution in [3.05, 3.63) is 48.3 Å². The summed E-state index contributed by atoms with van der Waals surface area (Å²) in [6, 6.07) is 12.1. The molecule has 3 aromatic rings. The van der Waals surface area contributed by atoms with Gasteiger partial charge < -0.3 is 25.0 Å². The van der Waals surface area contributed by atoms with Crippen molar-refractivity contribution in [2.45, 2.75) is 39.7 Å². The Kier molecular flexibility index (Phi) is 9.57. The van der Waals surface area contributed by atoms with Gasteiger partial charge in [-0.15, -0.1) is 10.2 Å². The third-order valence-corrected chi connectivity index (χ3v) is 7.17. The Morgan fingerprint density at radius 3 is 2.61 bits per heavy atom. The Balaban J connectivity index is 1.27. The van der Waals surface area contributed by atoms with Crippen molar-refractivity contribution in [2.75, 3.05) is 49.7 Å². The molecule has 3 heterocycles. The Bertz CT molecular complexity index is 1080. The second kappa shape index (κ2) is 13.3. The van der Waals surface area contributed by atoms with Gasteiger partial charge in [-0.1, -0.05) is 11.3 Å². The molecule has 36 heavy (non-hydrogen) atoms. The summed E-state index contributed by atoms with van der Waals surface area (Å²) in [5, 5.41) is 17.2. The van der Waals surface area contributed by atoms with Crippen LogP contribution in [0.1, 0.15) is 38.8 Å². The molecular formula is C26H36N6O3S. The molecule has 0 unspecified atom stereocenters. The number of nitrogens with one attached hydrogen (secondary N) is 2. The highest BCUT2D eigenvalue weighted by Gasteiger charge is 2.26. The fraction of sp³-hybridized carbons (Fsp3) is 0.500. The van der Waals surface area contributed by atoms with Gasteiger partial charge in [0.1, 0.15) is 5.75 Å². The number of benzene rings is 1. The van der Waals surface area contributed by atoms with Gasteiger partial charge in [-0.3, -0.25) is 9.36 Å². The second-order valence-corrected chi connectivity index (χ2v) is 9.58. The number of hydrogen-bond acceptors (Lipinski definition) is 8. The standard InChI is InChI=1S/C26H36N6O3S/c1-3-34-18-6-14-27-24(33)20-12-16-31(17-13-20)25-29-30-26(36-25)32-15-5-7-22(32)19-28-21-8-10-23(11-9-21)35-4-2/h5,7-11,15,20,28H,3-4,6,12-14,16-19H2,1-2H3,(H,27,33). The van der Waals surface area contributed by atoms with Gasteiger partial charge in [0.05, 0.1) is 13.2 Å². The first kappa shape index (κ1) is 26.0. The molecule has 2 aromatic heterocycles. The first-order valence-electron chi connectivity index (χ1n) is 12.7. The van der Waals surface area contributed by atoms with E-state index < -0.39 is 0 Å². The first-order valence-corrected chi connectivity index (χ1v) is 13.6. The summed E-state index contributed by atoms with van der Waals surface area (Å²) < 4.78 is 12.9. The lowest BCUT2D eigenvalue weighted by molar-refractivity contribution is -0.125. The van der Waals surface area contributed by atoms with Crippen molar-refractivity contribution in [1.82, 2.24) is 20.1 Å². The number of aromatic nitrogens is 3. The molecule has 0 atom stereocenters. The Labute approximate surface area is 216 Å². The smallest absolute Gasteiger partial charge is 0.223 e. The van der Waals surface area contributed by atoms with E-state index in [1.807, 2.05) is 50.4 Å². The molecule has 1 aromatic carbocycles. The highest BCUT2D eigenvalue weighted by atomic mass is 32.1. The van der Waals surface area contributed by atoms with Gasteiger partial charge in [0.25, 0.3) is 0 Å². The number of carbonyl (C=O) groups excluding carboxylic acids is 1. The Morgan fingerprint density at radius 1 is 1.08 bits per heavy atom. The third-order valence-electron chi connectivity index (χ3n) is 6.19. The molecule has 2 N–H and O–H groups in total. The molecule has 9 nitrogen and oxygen atoms in total. The minimum absolute atomic E-state index is 0.0606. The predicted octanol–water partition coefficient (Wildman–Crippen LogP) is 4.10. The number of rotatable bonds is 13. The van der Waals surface area contributed by atoms with E-state index >= 15 is 0 Å². The van der Waals surface area contributed by atoms with Crippen molar-refractivity contribution in [3.63, 3.8) is 0 Å². The molecule has 1 saturated heterocycles. The fourth-order valence-electron chi connectivity index (χ4n) is 4.22. The maximum atomic E-state index is 12.5. The number of piperidine rings is 1. The van der Waals surface area contributed by atoms with Gasteiger partial charge in [0, 0.05) is 56.3 Å². The second-order valence-electron chi connectivity index (χ2n) is 8.65. The van der Waals surface area contributed by atoms with Crippen LogP contribution in [0.3, 0.4) is 0 Å². The summed E-state index contributed by atoms with van der Waals surface area (Å²) in [7, 11) is 0. The molecule has 1 aliphatic rings. The van der Waals surface area contributed by atoms with Crippen LogP contribution in [-0.4, -0.2) is 60.1 Å². The summed E-state index contributed by atoms with van der Waals surface area (Å²) in [6.45, 7) is 8.98. The molecule has 194 valence electrons. The van der Waals surface area contributed by atoms with Crippen LogP contribution >= 0.6 is 11.3 Å². The van der Waals surface area contributed by atoms with Crippen LogP contribution in [0.5, 0.6) is 5.75 Å². The minimum atomic E-state index is 0.0606. The van der Waals surface area contributed by atoms with E-state index in [4.69, 9.17) is 9.47 Å². The van der Waals surface area contributed by atoms with Gasteiger partial charge in [-0.2, -0.15) is 0 Å². The summed E-state index contributed by atoms with van der Waals surface area (Å²) in [6.07, 6.45) is 4.52. The molecule has 1 fully saturated rings. The zero-order valence-corrected chi connectivity index (χ0v) is 21.9. The molecule has 1 amide bonds. The lowest BCUT2D eigenvalue weighted by Gasteiger charge is -2.30. The highest BCUT2D eigenvalue weighted by molar-refractivity contribution is 7.17. The number of hydrogen-bond donors (Lipinski definition) is 2. The zero-order valence-electron chi connectivity index (χ0n) is 21.1. The number of carbonyl (C=O) groups is 1. The van der Waals surface area contributed by atoms with Crippen molar-refractivity contribution in [1.29, 1.82) is 0 Å². The molecule has 0 saturated carbocycles. The third kappa shape index (κ3) is 6.98. The van der Waals surface area contributed by atoms with E-state index in [-0.39, 0.29) is 11.8 Å². The summed E-state index contributed by atoms with van der Waals surface area (Å²) >= 11 is 1.58. The van der Waals surface area contributed by atoms with Gasteiger partial charge in [0.2, 0.25) is 16.2 Å². The summed E-state index contributed by atoms with van der Waals surface area (Å²) in [5.74, 6) is 1.08. The monoisotopic (exact) mass is 512 g/mol. The first-order chi connectivity index (χ1) is 17.7. The molecular weight excluding hydrogens is 476 g/mol. The molecule has 0 aliphatic carbocycles. The molecule has 0 spiro atoms. The number of anilines is 2. The largest absolute Gasteiger partial charge is 0.494 e. The lowest BCUT2D eigenvalue weighted by Crippen LogP contribution is -2.40. The average molecular weight is 513 g/mol. The van der Waals surface area contributed by atoms with Crippen LogP contribution in [0, 0.1) is 5.92 Å². The molecule has 10 heteroatoms. The molecule has 0 radical (unpaired) electrons. The Morgan fingerprint density at radius 2 is 1.86 bits per heavy atom. The number of amides is 1. The zero-order chi connectivity index (χ0) is 25.2. The quantitative estimate of drug-likeness (QED) is 0.333. The van der Waals surface area contributed by atoms with Gasteiger partial charge >= 0.3 is 0 Å². The van der Waals surface area contributed by atoms with Crippen molar-refractivity contribution in [3.8, 4) is 10.9 Å². The van der Waals surface area contributed by atoms with Crippen LogP contribution in [0.2, 0.25) is 0 Å². The van der Waals surface area contributed by atoms with E-state index in [0.717, 1.165) is 59.7 Å². The van der Waals surface area contributed by atoms with Crippen LogP contribution < -0.4 is 20.3 Å². The summed E-state index contributed by atoms with van der Waals surface area (Å²) in [5.41, 5.74) is 2.14. The number of nitrogens with zero attached hydrogens (tertiary/aromatic N) is 4. The Hall–Kier alpha value is -3.11. The lowest BCUT2D eigenvalue weighted by atomic mass is 9.96. The van der Waals surface area contributed by atoms with E-state index in [1.54, 1.807) is 11.3 Å². The summed E-state index contributed by atoms with van der Waals surface area (Å²) in [4.78, 5) is 14.7. The maximum Gasteiger partial charge on any atom is 0.223 e. The minimum Gasteiger partial charge on any atom is -0.494 e. The van der Waals surface area contributed by atoms with Gasteiger partial charge in [-0.05, 0) is 69.5 Å². The van der Waals surface area contributed by atoms with Crippen molar-refractivity contribution < 1.29 is 14.3 Å². The fourth-order valence-corrected chi connectivity index (χ4v) is 5.13.